The highest BCUT2D eigenvalue weighted by atomic mass is 16.5. The van der Waals surface area contributed by atoms with Crippen LogP contribution >= 0.6 is 0 Å². The van der Waals surface area contributed by atoms with Gasteiger partial charge in [0.05, 0.1) is 0 Å². The van der Waals surface area contributed by atoms with E-state index in [0.717, 1.165) is 37.2 Å². The molecular weight excluding hydrogens is 322 g/mol. The van der Waals surface area contributed by atoms with Crippen molar-refractivity contribution in [3.05, 3.63) is 29.3 Å². The lowest BCUT2D eigenvalue weighted by Crippen LogP contribution is -2.52. The molecule has 2 atom stereocenters. The standard InChI is InChI=1S/C18H21N3O4/c22-16-6-5-15(17(23)20-16)21-10-11-8-12(3-4-14(11)18(21)24)25-13-2-1-7-19-9-13/h3-4,8,13,15,19H,1-2,5-7,9-10H2,(H,20,22,23). The fourth-order valence-corrected chi connectivity index (χ4v) is 3.74. The van der Waals surface area contributed by atoms with Gasteiger partial charge in [-0.25, -0.2) is 0 Å². The Morgan fingerprint density at radius 2 is 2.04 bits per heavy atom. The second-order valence-corrected chi connectivity index (χ2v) is 6.81. The van der Waals surface area contributed by atoms with Crippen LogP contribution in [0.2, 0.25) is 0 Å². The molecule has 4 rings (SSSR count). The van der Waals surface area contributed by atoms with Gasteiger partial charge < -0.3 is 15.0 Å². The molecule has 0 aromatic heterocycles. The second-order valence-electron chi connectivity index (χ2n) is 6.81. The summed E-state index contributed by atoms with van der Waals surface area (Å²) in [6.07, 6.45) is 2.90. The first-order chi connectivity index (χ1) is 12.1. The van der Waals surface area contributed by atoms with Gasteiger partial charge in [0.25, 0.3) is 5.91 Å². The summed E-state index contributed by atoms with van der Waals surface area (Å²) in [6, 6.07) is 4.91. The maximum absolute atomic E-state index is 12.6. The molecule has 0 radical (unpaired) electrons. The molecule has 3 aliphatic rings. The third-order valence-corrected chi connectivity index (χ3v) is 5.05. The summed E-state index contributed by atoms with van der Waals surface area (Å²) in [5, 5.41) is 5.63. The number of carbonyl (C=O) groups excluding carboxylic acids is 3. The van der Waals surface area contributed by atoms with Crippen LogP contribution in [0.5, 0.6) is 5.75 Å². The Morgan fingerprint density at radius 3 is 2.80 bits per heavy atom. The summed E-state index contributed by atoms with van der Waals surface area (Å²) in [5.41, 5.74) is 1.48. The maximum Gasteiger partial charge on any atom is 0.255 e. The quantitative estimate of drug-likeness (QED) is 0.784. The smallest absolute Gasteiger partial charge is 0.255 e. The fraction of sp³-hybridized carbons (Fsp3) is 0.500. The number of piperidine rings is 2. The Morgan fingerprint density at radius 1 is 1.16 bits per heavy atom. The van der Waals surface area contributed by atoms with Crippen molar-refractivity contribution in [2.45, 2.75) is 44.4 Å². The van der Waals surface area contributed by atoms with Gasteiger partial charge in [0, 0.05) is 25.1 Å². The minimum atomic E-state index is -0.579. The molecule has 2 N–H and O–H groups in total. The molecule has 0 aliphatic carbocycles. The first-order valence-electron chi connectivity index (χ1n) is 8.77. The highest BCUT2D eigenvalue weighted by molar-refractivity contribution is 6.05. The van der Waals surface area contributed by atoms with Crippen molar-refractivity contribution in [2.24, 2.45) is 0 Å². The minimum Gasteiger partial charge on any atom is -0.489 e. The van der Waals surface area contributed by atoms with Gasteiger partial charge in [-0.1, -0.05) is 0 Å². The monoisotopic (exact) mass is 343 g/mol. The average molecular weight is 343 g/mol. The van der Waals surface area contributed by atoms with E-state index < -0.39 is 6.04 Å². The molecule has 2 fully saturated rings. The van der Waals surface area contributed by atoms with E-state index in [4.69, 9.17) is 4.74 Å². The van der Waals surface area contributed by atoms with Crippen LogP contribution in [0.3, 0.4) is 0 Å². The molecule has 2 saturated heterocycles. The summed E-state index contributed by atoms with van der Waals surface area (Å²) in [4.78, 5) is 37.6. The van der Waals surface area contributed by atoms with Crippen molar-refractivity contribution < 1.29 is 19.1 Å². The number of imide groups is 1. The van der Waals surface area contributed by atoms with E-state index in [1.165, 1.54) is 0 Å². The first-order valence-corrected chi connectivity index (χ1v) is 8.77. The van der Waals surface area contributed by atoms with Crippen LogP contribution in [0.15, 0.2) is 18.2 Å². The predicted octanol–water partition coefficient (Wildman–Crippen LogP) is 0.578. The molecule has 3 amide bonds. The van der Waals surface area contributed by atoms with E-state index in [1.807, 2.05) is 12.1 Å². The number of amides is 3. The van der Waals surface area contributed by atoms with E-state index in [0.29, 0.717) is 18.5 Å². The maximum atomic E-state index is 12.6. The number of nitrogens with zero attached hydrogens (tertiary/aromatic N) is 1. The number of benzene rings is 1. The van der Waals surface area contributed by atoms with Crippen molar-refractivity contribution in [3.63, 3.8) is 0 Å². The lowest BCUT2D eigenvalue weighted by Gasteiger charge is -2.29. The van der Waals surface area contributed by atoms with Crippen LogP contribution in [0.1, 0.15) is 41.6 Å². The molecule has 3 aliphatic heterocycles. The Hall–Kier alpha value is -2.41. The first kappa shape index (κ1) is 16.1. The van der Waals surface area contributed by atoms with Crippen molar-refractivity contribution in [2.75, 3.05) is 13.1 Å². The number of rotatable bonds is 3. The molecule has 1 aromatic rings. The van der Waals surface area contributed by atoms with Crippen LogP contribution < -0.4 is 15.4 Å². The van der Waals surface area contributed by atoms with Gasteiger partial charge in [-0.3, -0.25) is 19.7 Å². The zero-order valence-electron chi connectivity index (χ0n) is 13.9. The van der Waals surface area contributed by atoms with Gasteiger partial charge in [0.1, 0.15) is 17.9 Å². The Bertz CT molecular complexity index is 727. The highest BCUT2D eigenvalue weighted by Crippen LogP contribution is 2.30. The summed E-state index contributed by atoms with van der Waals surface area (Å²) in [6.45, 7) is 2.23. The number of hydrogen-bond acceptors (Lipinski definition) is 5. The molecule has 132 valence electrons. The Kier molecular flexibility index (Phi) is 4.17. The Labute approximate surface area is 145 Å². The largest absolute Gasteiger partial charge is 0.489 e. The number of fused-ring (bicyclic) bond motifs is 1. The topological polar surface area (TPSA) is 87.7 Å². The zero-order valence-corrected chi connectivity index (χ0v) is 13.9. The average Bonchev–Trinajstić information content (AvgIpc) is 2.92. The third kappa shape index (κ3) is 3.11. The minimum absolute atomic E-state index is 0.148. The molecule has 7 heteroatoms. The third-order valence-electron chi connectivity index (χ3n) is 5.05. The molecule has 0 saturated carbocycles. The van der Waals surface area contributed by atoms with E-state index in [9.17, 15) is 14.4 Å². The van der Waals surface area contributed by atoms with Crippen LogP contribution in [0.25, 0.3) is 0 Å². The molecular formula is C18H21N3O4. The molecule has 25 heavy (non-hydrogen) atoms. The van der Waals surface area contributed by atoms with Crippen molar-refractivity contribution in [1.29, 1.82) is 0 Å². The SMILES string of the molecule is O=C1CCC(N2Cc3cc(OC4CCCNC4)ccc3C2=O)C(=O)N1. The molecule has 0 spiro atoms. The van der Waals surface area contributed by atoms with Crippen molar-refractivity contribution in [1.82, 2.24) is 15.5 Å². The molecule has 0 bridgehead atoms. The number of hydrogen-bond donors (Lipinski definition) is 2. The Balaban J connectivity index is 1.49. The van der Waals surface area contributed by atoms with Gasteiger partial charge in [-0.15, -0.1) is 0 Å². The molecule has 7 nitrogen and oxygen atoms in total. The van der Waals surface area contributed by atoms with Crippen LogP contribution in [-0.4, -0.2) is 47.9 Å². The lowest BCUT2D eigenvalue weighted by atomic mass is 10.0. The summed E-state index contributed by atoms with van der Waals surface area (Å²) in [7, 11) is 0. The van der Waals surface area contributed by atoms with Crippen LogP contribution in [-0.2, 0) is 16.1 Å². The van der Waals surface area contributed by atoms with Gasteiger partial charge >= 0.3 is 0 Å². The zero-order chi connectivity index (χ0) is 17.4. The van der Waals surface area contributed by atoms with Gasteiger partial charge in [-0.05, 0) is 49.6 Å². The van der Waals surface area contributed by atoms with E-state index in [1.54, 1.807) is 11.0 Å². The van der Waals surface area contributed by atoms with Gasteiger partial charge in [0.2, 0.25) is 11.8 Å². The number of carbonyl (C=O) groups is 3. The highest BCUT2D eigenvalue weighted by Gasteiger charge is 2.39. The fourth-order valence-electron chi connectivity index (χ4n) is 3.74. The normalized spacial score (nSPS) is 26.4. The predicted molar refractivity (Wildman–Crippen MR) is 89.0 cm³/mol. The van der Waals surface area contributed by atoms with E-state index in [-0.39, 0.29) is 30.2 Å². The number of nitrogens with one attached hydrogen (secondary N) is 2. The number of ether oxygens (including phenoxy) is 1. The lowest BCUT2D eigenvalue weighted by molar-refractivity contribution is -0.136. The van der Waals surface area contributed by atoms with Crippen molar-refractivity contribution >= 4 is 17.7 Å². The van der Waals surface area contributed by atoms with Crippen molar-refractivity contribution in [3.8, 4) is 5.75 Å². The van der Waals surface area contributed by atoms with Gasteiger partial charge in [-0.2, -0.15) is 0 Å². The van der Waals surface area contributed by atoms with Crippen LogP contribution in [0, 0.1) is 0 Å². The van der Waals surface area contributed by atoms with E-state index >= 15 is 0 Å². The molecule has 3 heterocycles. The van der Waals surface area contributed by atoms with Crippen LogP contribution in [0.4, 0.5) is 0 Å². The van der Waals surface area contributed by atoms with E-state index in [2.05, 4.69) is 10.6 Å². The summed E-state index contributed by atoms with van der Waals surface area (Å²) >= 11 is 0. The summed E-state index contributed by atoms with van der Waals surface area (Å²) in [5.74, 6) is -0.0647. The summed E-state index contributed by atoms with van der Waals surface area (Å²) < 4.78 is 6.02. The molecule has 1 aromatic carbocycles. The second kappa shape index (κ2) is 6.48. The molecule has 2 unspecified atom stereocenters. The van der Waals surface area contributed by atoms with Gasteiger partial charge in [0.15, 0.2) is 0 Å².